The maximum Gasteiger partial charge on any atom is 0.314 e. The van der Waals surface area contributed by atoms with Crippen LogP contribution < -0.4 is 0 Å². The third-order valence-electron chi connectivity index (χ3n) is 5.56. The van der Waals surface area contributed by atoms with E-state index in [-0.39, 0.29) is 5.78 Å². The predicted octanol–water partition coefficient (Wildman–Crippen LogP) is 7.71. The van der Waals surface area contributed by atoms with E-state index in [0.717, 1.165) is 25.7 Å². The van der Waals surface area contributed by atoms with Crippen molar-refractivity contribution in [3.8, 4) is 0 Å². The first-order chi connectivity index (χ1) is 13.1. The largest absolute Gasteiger partial charge is 0.481 e. The lowest BCUT2D eigenvalue weighted by atomic mass is 9.93. The van der Waals surface area contributed by atoms with Crippen molar-refractivity contribution in [1.82, 2.24) is 0 Å². The van der Waals surface area contributed by atoms with Crippen molar-refractivity contribution in [2.75, 3.05) is 0 Å². The van der Waals surface area contributed by atoms with Crippen LogP contribution >= 0.6 is 0 Å². The second-order valence-corrected chi connectivity index (χ2v) is 8.20. The minimum atomic E-state index is -0.918. The van der Waals surface area contributed by atoms with Crippen molar-refractivity contribution in [2.24, 2.45) is 5.92 Å². The first-order valence-corrected chi connectivity index (χ1v) is 11.9. The van der Waals surface area contributed by atoms with Gasteiger partial charge in [-0.3, -0.25) is 9.59 Å². The maximum atomic E-state index is 12.2. The molecule has 3 nitrogen and oxygen atoms in total. The highest BCUT2D eigenvalue weighted by Crippen LogP contribution is 2.18. The van der Waals surface area contributed by atoms with Crippen molar-refractivity contribution in [3.05, 3.63) is 0 Å². The van der Waals surface area contributed by atoms with Gasteiger partial charge in [0, 0.05) is 6.42 Å². The zero-order valence-corrected chi connectivity index (χ0v) is 18.3. The average molecular weight is 383 g/mol. The topological polar surface area (TPSA) is 54.4 Å². The van der Waals surface area contributed by atoms with Crippen LogP contribution in [0.4, 0.5) is 0 Å². The molecule has 0 heterocycles. The van der Waals surface area contributed by atoms with Crippen LogP contribution in [-0.4, -0.2) is 16.9 Å². The molecule has 27 heavy (non-hydrogen) atoms. The van der Waals surface area contributed by atoms with E-state index in [1.807, 2.05) is 0 Å². The molecule has 0 saturated carbocycles. The average Bonchev–Trinajstić information content (AvgIpc) is 2.65. The van der Waals surface area contributed by atoms with Crippen molar-refractivity contribution >= 4 is 11.8 Å². The van der Waals surface area contributed by atoms with Gasteiger partial charge in [-0.05, 0) is 12.8 Å². The van der Waals surface area contributed by atoms with Crippen LogP contribution in [0.3, 0.4) is 0 Å². The lowest BCUT2D eigenvalue weighted by Gasteiger charge is -2.11. The lowest BCUT2D eigenvalue weighted by molar-refractivity contribution is -0.146. The van der Waals surface area contributed by atoms with E-state index in [1.165, 1.54) is 83.5 Å². The van der Waals surface area contributed by atoms with E-state index < -0.39 is 11.9 Å². The van der Waals surface area contributed by atoms with Gasteiger partial charge in [-0.15, -0.1) is 0 Å². The number of ketones is 1. The predicted molar refractivity (Wildman–Crippen MR) is 115 cm³/mol. The summed E-state index contributed by atoms with van der Waals surface area (Å²) in [4.78, 5) is 23.6. The summed E-state index contributed by atoms with van der Waals surface area (Å²) in [5, 5.41) is 9.37. The van der Waals surface area contributed by atoms with Crippen LogP contribution in [0.2, 0.25) is 0 Å². The first-order valence-electron chi connectivity index (χ1n) is 11.9. The van der Waals surface area contributed by atoms with Crippen LogP contribution in [0, 0.1) is 5.92 Å². The zero-order chi connectivity index (χ0) is 20.2. The Morgan fingerprint density at radius 3 is 1.37 bits per heavy atom. The summed E-state index contributed by atoms with van der Waals surface area (Å²) in [7, 11) is 0. The molecule has 0 saturated heterocycles. The van der Waals surface area contributed by atoms with E-state index >= 15 is 0 Å². The van der Waals surface area contributed by atoms with Gasteiger partial charge in [0.1, 0.15) is 11.7 Å². The SMILES string of the molecule is CCCCCCCCCCCCC(C(=O)O)C(=O)CCCCCCCCC. The summed E-state index contributed by atoms with van der Waals surface area (Å²) in [6.45, 7) is 4.45. The molecule has 1 N–H and O–H groups in total. The van der Waals surface area contributed by atoms with Gasteiger partial charge >= 0.3 is 5.97 Å². The number of aliphatic carboxylic acids is 1. The number of hydrogen-bond acceptors (Lipinski definition) is 2. The molecule has 0 rings (SSSR count). The normalized spacial score (nSPS) is 12.2. The van der Waals surface area contributed by atoms with Crippen molar-refractivity contribution < 1.29 is 14.7 Å². The highest BCUT2D eigenvalue weighted by atomic mass is 16.4. The number of carboxylic acid groups (broad SMARTS) is 1. The first kappa shape index (κ1) is 26.1. The Hall–Kier alpha value is -0.860. The number of rotatable bonds is 21. The molecule has 0 bridgehead atoms. The number of carbonyl (C=O) groups is 2. The smallest absolute Gasteiger partial charge is 0.314 e. The second kappa shape index (κ2) is 19.9. The van der Waals surface area contributed by atoms with Crippen LogP contribution in [0.5, 0.6) is 0 Å². The van der Waals surface area contributed by atoms with E-state index in [2.05, 4.69) is 13.8 Å². The van der Waals surface area contributed by atoms with Crippen molar-refractivity contribution in [1.29, 1.82) is 0 Å². The molecule has 0 aliphatic heterocycles. The van der Waals surface area contributed by atoms with Gasteiger partial charge in [0.25, 0.3) is 0 Å². The standard InChI is InChI=1S/C24H46O3/c1-3-5-7-9-11-12-13-15-16-18-20-22(24(26)27)23(25)21-19-17-14-10-8-6-4-2/h22H,3-21H2,1-2H3,(H,26,27). The molecule has 0 aromatic heterocycles. The fourth-order valence-corrected chi connectivity index (χ4v) is 3.69. The number of carboxylic acids is 1. The van der Waals surface area contributed by atoms with E-state index in [9.17, 15) is 14.7 Å². The Morgan fingerprint density at radius 2 is 0.963 bits per heavy atom. The fourth-order valence-electron chi connectivity index (χ4n) is 3.69. The van der Waals surface area contributed by atoms with Crippen molar-refractivity contribution in [2.45, 2.75) is 136 Å². The molecule has 160 valence electrons. The number of Topliss-reactive ketones (excluding diaryl/α,β-unsaturated/α-hetero) is 1. The summed E-state index contributed by atoms with van der Waals surface area (Å²) >= 11 is 0. The molecule has 0 aliphatic rings. The summed E-state index contributed by atoms with van der Waals surface area (Å²) in [5.41, 5.74) is 0. The van der Waals surface area contributed by atoms with Crippen LogP contribution in [0.1, 0.15) is 136 Å². The molecule has 0 aromatic carbocycles. The molecule has 1 atom stereocenters. The number of carbonyl (C=O) groups excluding carboxylic acids is 1. The van der Waals surface area contributed by atoms with Crippen LogP contribution in [-0.2, 0) is 9.59 Å². The van der Waals surface area contributed by atoms with E-state index in [4.69, 9.17) is 0 Å². The minimum absolute atomic E-state index is 0.0491. The molecule has 3 heteroatoms. The summed E-state index contributed by atoms with van der Waals surface area (Å²) in [6, 6.07) is 0. The summed E-state index contributed by atoms with van der Waals surface area (Å²) < 4.78 is 0. The Bertz CT molecular complexity index is 352. The van der Waals surface area contributed by atoms with Crippen molar-refractivity contribution in [3.63, 3.8) is 0 Å². The van der Waals surface area contributed by atoms with Gasteiger partial charge in [0.15, 0.2) is 0 Å². The Kier molecular flexibility index (Phi) is 19.3. The molecule has 0 fully saturated rings. The second-order valence-electron chi connectivity index (χ2n) is 8.20. The van der Waals surface area contributed by atoms with Gasteiger partial charge in [-0.25, -0.2) is 0 Å². The van der Waals surface area contributed by atoms with Gasteiger partial charge in [0.05, 0.1) is 0 Å². The van der Waals surface area contributed by atoms with E-state index in [0.29, 0.717) is 12.8 Å². The maximum absolute atomic E-state index is 12.2. The Balaban J connectivity index is 3.68. The molecule has 0 aromatic rings. The lowest BCUT2D eigenvalue weighted by Crippen LogP contribution is -2.23. The third kappa shape index (κ3) is 17.0. The molecular weight excluding hydrogens is 336 g/mol. The van der Waals surface area contributed by atoms with Gasteiger partial charge in [-0.1, -0.05) is 117 Å². The van der Waals surface area contributed by atoms with Gasteiger partial charge in [0.2, 0.25) is 0 Å². The molecule has 0 aliphatic carbocycles. The highest BCUT2D eigenvalue weighted by Gasteiger charge is 2.24. The van der Waals surface area contributed by atoms with Gasteiger partial charge < -0.3 is 5.11 Å². The summed E-state index contributed by atoms with van der Waals surface area (Å²) in [5.74, 6) is -1.73. The third-order valence-corrected chi connectivity index (χ3v) is 5.56. The minimum Gasteiger partial charge on any atom is -0.481 e. The molecular formula is C24H46O3. The van der Waals surface area contributed by atoms with Crippen LogP contribution in [0.25, 0.3) is 0 Å². The zero-order valence-electron chi connectivity index (χ0n) is 18.3. The molecule has 1 unspecified atom stereocenters. The fraction of sp³-hybridized carbons (Fsp3) is 0.917. The Morgan fingerprint density at radius 1 is 0.593 bits per heavy atom. The van der Waals surface area contributed by atoms with Crippen LogP contribution in [0.15, 0.2) is 0 Å². The number of unbranched alkanes of at least 4 members (excludes halogenated alkanes) is 15. The number of hydrogen-bond donors (Lipinski definition) is 1. The molecule has 0 spiro atoms. The van der Waals surface area contributed by atoms with Gasteiger partial charge in [-0.2, -0.15) is 0 Å². The van der Waals surface area contributed by atoms with E-state index in [1.54, 1.807) is 0 Å². The highest BCUT2D eigenvalue weighted by molar-refractivity contribution is 5.98. The summed E-state index contributed by atoms with van der Waals surface area (Å²) in [6.07, 6.45) is 21.4. The molecule has 0 radical (unpaired) electrons. The quantitative estimate of drug-likeness (QED) is 0.163. The Labute approximate surface area is 168 Å². The molecule has 0 amide bonds. The monoisotopic (exact) mass is 382 g/mol.